The molecule has 0 bridgehead atoms. The van der Waals surface area contributed by atoms with Gasteiger partial charge < -0.3 is 9.47 Å². The Hall–Kier alpha value is -1.42. The van der Waals surface area contributed by atoms with Crippen molar-refractivity contribution in [2.24, 2.45) is 0 Å². The van der Waals surface area contributed by atoms with Crippen LogP contribution >= 0.6 is 12.2 Å². The fourth-order valence-electron chi connectivity index (χ4n) is 1.06. The number of thiocarbonyl (C=S) groups is 1. The van der Waals surface area contributed by atoms with E-state index in [0.29, 0.717) is 11.1 Å². The van der Waals surface area contributed by atoms with Crippen molar-refractivity contribution in [3.8, 4) is 0 Å². The van der Waals surface area contributed by atoms with Crippen LogP contribution in [0.5, 0.6) is 0 Å². The molecular formula is C10H10O3S. The van der Waals surface area contributed by atoms with Crippen molar-refractivity contribution in [2.75, 3.05) is 14.2 Å². The largest absolute Gasteiger partial charge is 0.486 e. The molecule has 3 nitrogen and oxygen atoms in total. The minimum atomic E-state index is -0.417. The highest BCUT2D eigenvalue weighted by molar-refractivity contribution is 7.80. The molecule has 0 spiro atoms. The zero-order chi connectivity index (χ0) is 10.6. The first kappa shape index (κ1) is 10.7. The number of ether oxygens (including phenoxy) is 2. The van der Waals surface area contributed by atoms with Crippen molar-refractivity contribution in [3.05, 3.63) is 35.4 Å². The predicted molar refractivity (Wildman–Crippen MR) is 56.5 cm³/mol. The zero-order valence-corrected chi connectivity index (χ0v) is 8.76. The maximum absolute atomic E-state index is 11.3. The van der Waals surface area contributed by atoms with Gasteiger partial charge in [-0.1, -0.05) is 12.1 Å². The Balaban J connectivity index is 3.15. The van der Waals surface area contributed by atoms with E-state index in [1.165, 1.54) is 14.2 Å². The third-order valence-corrected chi connectivity index (χ3v) is 2.12. The Labute approximate surface area is 87.6 Å². The smallest absolute Gasteiger partial charge is 0.338 e. The Morgan fingerprint density at radius 2 is 1.71 bits per heavy atom. The van der Waals surface area contributed by atoms with Crippen LogP contribution in [0, 0.1) is 0 Å². The fourth-order valence-corrected chi connectivity index (χ4v) is 1.24. The lowest BCUT2D eigenvalue weighted by Gasteiger charge is -2.07. The van der Waals surface area contributed by atoms with E-state index >= 15 is 0 Å². The van der Waals surface area contributed by atoms with Gasteiger partial charge in [-0.2, -0.15) is 0 Å². The molecule has 0 unspecified atom stereocenters. The molecule has 0 aliphatic carbocycles. The molecule has 0 aliphatic rings. The second kappa shape index (κ2) is 4.72. The third-order valence-electron chi connectivity index (χ3n) is 1.74. The first-order valence-electron chi connectivity index (χ1n) is 3.96. The monoisotopic (exact) mass is 210 g/mol. The van der Waals surface area contributed by atoms with E-state index in [1.54, 1.807) is 24.3 Å². The highest BCUT2D eigenvalue weighted by atomic mass is 32.1. The van der Waals surface area contributed by atoms with E-state index in [0.717, 1.165) is 0 Å². The summed E-state index contributed by atoms with van der Waals surface area (Å²) in [5.41, 5.74) is 0.999. The number of carbonyl (C=O) groups excluding carboxylic acids is 1. The third kappa shape index (κ3) is 2.09. The van der Waals surface area contributed by atoms with Crippen LogP contribution in [0.4, 0.5) is 0 Å². The molecule has 0 saturated heterocycles. The van der Waals surface area contributed by atoms with Crippen LogP contribution in [0.1, 0.15) is 15.9 Å². The van der Waals surface area contributed by atoms with Gasteiger partial charge in [0.2, 0.25) is 0 Å². The first-order chi connectivity index (χ1) is 6.70. The van der Waals surface area contributed by atoms with Crippen LogP contribution in [-0.2, 0) is 9.47 Å². The highest BCUT2D eigenvalue weighted by Gasteiger charge is 2.14. The quantitative estimate of drug-likeness (QED) is 0.550. The van der Waals surface area contributed by atoms with Crippen LogP contribution in [0.3, 0.4) is 0 Å². The van der Waals surface area contributed by atoms with Gasteiger partial charge in [0.25, 0.3) is 0 Å². The summed E-state index contributed by atoms with van der Waals surface area (Å²) in [6.07, 6.45) is 0. The minimum Gasteiger partial charge on any atom is -0.486 e. The van der Waals surface area contributed by atoms with Crippen LogP contribution in [0.2, 0.25) is 0 Å². The van der Waals surface area contributed by atoms with Gasteiger partial charge in [0.15, 0.2) is 5.05 Å². The number of methoxy groups -OCH3 is 2. The summed E-state index contributed by atoms with van der Waals surface area (Å²) < 4.78 is 9.51. The van der Waals surface area contributed by atoms with Crippen LogP contribution in [-0.4, -0.2) is 25.2 Å². The van der Waals surface area contributed by atoms with Gasteiger partial charge >= 0.3 is 5.97 Å². The second-order valence-electron chi connectivity index (χ2n) is 2.53. The van der Waals surface area contributed by atoms with E-state index in [9.17, 15) is 4.79 Å². The molecule has 0 aliphatic heterocycles. The molecule has 1 aromatic rings. The number of hydrogen-bond acceptors (Lipinski definition) is 4. The molecule has 0 atom stereocenters. The molecule has 14 heavy (non-hydrogen) atoms. The topological polar surface area (TPSA) is 35.5 Å². The van der Waals surface area contributed by atoms with Gasteiger partial charge in [-0.3, -0.25) is 0 Å². The van der Waals surface area contributed by atoms with E-state index in [-0.39, 0.29) is 5.05 Å². The molecule has 74 valence electrons. The summed E-state index contributed by atoms with van der Waals surface area (Å²) in [4.78, 5) is 11.3. The van der Waals surface area contributed by atoms with Crippen LogP contribution < -0.4 is 0 Å². The van der Waals surface area contributed by atoms with Crippen molar-refractivity contribution < 1.29 is 14.3 Å². The molecule has 0 heterocycles. The highest BCUT2D eigenvalue weighted by Crippen LogP contribution is 2.11. The van der Waals surface area contributed by atoms with Crippen molar-refractivity contribution in [3.63, 3.8) is 0 Å². The molecule has 0 radical (unpaired) electrons. The lowest BCUT2D eigenvalue weighted by molar-refractivity contribution is 0.0600. The molecule has 1 rings (SSSR count). The van der Waals surface area contributed by atoms with Crippen LogP contribution in [0.15, 0.2) is 24.3 Å². The molecule has 0 amide bonds. The maximum atomic E-state index is 11.3. The second-order valence-corrected chi connectivity index (χ2v) is 2.90. The van der Waals surface area contributed by atoms with Gasteiger partial charge in [0.05, 0.1) is 19.8 Å². The van der Waals surface area contributed by atoms with Crippen molar-refractivity contribution in [1.29, 1.82) is 0 Å². The van der Waals surface area contributed by atoms with Gasteiger partial charge in [-0.25, -0.2) is 4.79 Å². The Kier molecular flexibility index (Phi) is 3.59. The minimum absolute atomic E-state index is 0.283. The van der Waals surface area contributed by atoms with E-state index in [4.69, 9.17) is 17.0 Å². The zero-order valence-electron chi connectivity index (χ0n) is 7.94. The fraction of sp³-hybridized carbons (Fsp3) is 0.200. The van der Waals surface area contributed by atoms with Crippen LogP contribution in [0.25, 0.3) is 0 Å². The average molecular weight is 210 g/mol. The molecular weight excluding hydrogens is 200 g/mol. The summed E-state index contributed by atoms with van der Waals surface area (Å²) >= 11 is 4.95. The van der Waals surface area contributed by atoms with Gasteiger partial charge in [0, 0.05) is 5.56 Å². The average Bonchev–Trinajstić information content (AvgIpc) is 2.27. The van der Waals surface area contributed by atoms with Gasteiger partial charge in [0.1, 0.15) is 0 Å². The van der Waals surface area contributed by atoms with Crippen molar-refractivity contribution in [1.82, 2.24) is 0 Å². The molecule has 0 aromatic heterocycles. The predicted octanol–water partition coefficient (Wildman–Crippen LogP) is 1.80. The number of benzene rings is 1. The standard InChI is InChI=1S/C10H10O3S/c1-12-9(11)7-5-3-4-6-8(7)10(14)13-2/h3-6H,1-2H3. The summed E-state index contributed by atoms with van der Waals surface area (Å²) in [7, 11) is 2.80. The van der Waals surface area contributed by atoms with Gasteiger partial charge in [-0.05, 0) is 24.4 Å². The molecule has 4 heteroatoms. The molecule has 1 aromatic carbocycles. The summed E-state index contributed by atoms with van der Waals surface area (Å²) in [5, 5.41) is 0.283. The molecule has 0 saturated carbocycles. The van der Waals surface area contributed by atoms with Crippen molar-refractivity contribution >= 4 is 23.2 Å². The Morgan fingerprint density at radius 1 is 1.14 bits per heavy atom. The first-order valence-corrected chi connectivity index (χ1v) is 4.37. The lowest BCUT2D eigenvalue weighted by Crippen LogP contribution is -2.10. The van der Waals surface area contributed by atoms with E-state index < -0.39 is 5.97 Å². The molecule has 0 fully saturated rings. The number of carbonyl (C=O) groups is 1. The summed E-state index contributed by atoms with van der Waals surface area (Å²) in [5.74, 6) is -0.417. The Bertz CT molecular complexity index is 325. The normalized spacial score (nSPS) is 9.29. The summed E-state index contributed by atoms with van der Waals surface area (Å²) in [6, 6.07) is 6.89. The number of hydrogen-bond donors (Lipinski definition) is 0. The lowest BCUT2D eigenvalue weighted by atomic mass is 10.1. The summed E-state index contributed by atoms with van der Waals surface area (Å²) in [6.45, 7) is 0. The van der Waals surface area contributed by atoms with E-state index in [1.807, 2.05) is 0 Å². The Morgan fingerprint density at radius 3 is 2.21 bits per heavy atom. The maximum Gasteiger partial charge on any atom is 0.338 e. The number of rotatable bonds is 2. The molecule has 0 N–H and O–H groups in total. The van der Waals surface area contributed by atoms with Gasteiger partial charge in [-0.15, -0.1) is 0 Å². The van der Waals surface area contributed by atoms with Crippen molar-refractivity contribution in [2.45, 2.75) is 0 Å². The SMILES string of the molecule is COC(=O)c1ccccc1C(=S)OC. The number of esters is 1. The van der Waals surface area contributed by atoms with E-state index in [2.05, 4.69) is 4.74 Å².